The number of halogens is 2. The number of aromatic carboxylic acids is 1. The number of carboxylic acids is 1. The monoisotopic (exact) mass is 533 g/mol. The lowest BCUT2D eigenvalue weighted by Gasteiger charge is -2.21. The highest BCUT2D eigenvalue weighted by Crippen LogP contribution is 2.37. The largest absolute Gasteiger partial charge is 0.477 e. The van der Waals surface area contributed by atoms with Crippen molar-refractivity contribution in [3.05, 3.63) is 69.8 Å². The Morgan fingerprint density at radius 3 is 2.57 bits per heavy atom. The number of fused-ring (bicyclic) bond motifs is 1. The summed E-state index contributed by atoms with van der Waals surface area (Å²) in [7, 11) is 0. The van der Waals surface area contributed by atoms with E-state index in [4.69, 9.17) is 5.73 Å². The van der Waals surface area contributed by atoms with Crippen LogP contribution in [0.1, 0.15) is 41.2 Å². The second kappa shape index (κ2) is 11.2. The molecule has 198 valence electrons. The molecule has 5 rings (SSSR count). The zero-order valence-electron chi connectivity index (χ0n) is 19.9. The average Bonchev–Trinajstić information content (AvgIpc) is 3.58. The fourth-order valence-corrected chi connectivity index (χ4v) is 4.58. The fraction of sp³-hybridized carbons (Fsp3) is 0.360. The number of pyridine rings is 2. The van der Waals surface area contributed by atoms with Crippen LogP contribution < -0.4 is 21.4 Å². The normalized spacial score (nSPS) is 17.6. The minimum atomic E-state index is -1.35. The number of nitrogens with one attached hydrogen (secondary N) is 1. The van der Waals surface area contributed by atoms with Gasteiger partial charge in [0.25, 0.3) is 0 Å². The third-order valence-corrected chi connectivity index (χ3v) is 6.58. The van der Waals surface area contributed by atoms with Crippen LogP contribution in [-0.2, 0) is 11.2 Å². The number of carboxylic acid groups (broad SMARTS) is 1. The lowest BCUT2D eigenvalue weighted by molar-refractivity contribution is -0.122. The number of carbonyl (C=O) groups is 2. The van der Waals surface area contributed by atoms with Gasteiger partial charge in [-0.1, -0.05) is 30.3 Å². The number of amides is 1. The number of benzene rings is 1. The Bertz CT molecular complexity index is 1370. The van der Waals surface area contributed by atoms with E-state index in [1.807, 2.05) is 30.3 Å². The Balaban J connectivity index is 0.00000190. The van der Waals surface area contributed by atoms with Gasteiger partial charge in [-0.15, -0.1) is 12.4 Å². The summed E-state index contributed by atoms with van der Waals surface area (Å²) in [4.78, 5) is 43.0. The smallest absolute Gasteiger partial charge is 0.341 e. The summed E-state index contributed by atoms with van der Waals surface area (Å²) in [6, 6.07) is 9.72. The maximum absolute atomic E-state index is 15.1. The Labute approximate surface area is 218 Å². The summed E-state index contributed by atoms with van der Waals surface area (Å²) >= 11 is 0. The van der Waals surface area contributed by atoms with Gasteiger partial charge in [-0.2, -0.15) is 0 Å². The van der Waals surface area contributed by atoms with E-state index in [-0.39, 0.29) is 52.7 Å². The van der Waals surface area contributed by atoms with Crippen molar-refractivity contribution in [3.8, 4) is 0 Å². The number of nitrogens with two attached hydrogens (primary N) is 1. The van der Waals surface area contributed by atoms with Crippen LogP contribution in [0.2, 0.25) is 0 Å². The maximum Gasteiger partial charge on any atom is 0.341 e. The first-order valence-electron chi connectivity index (χ1n) is 11.7. The first kappa shape index (κ1) is 28.0. The van der Waals surface area contributed by atoms with Crippen LogP contribution in [0.3, 0.4) is 0 Å². The second-order valence-corrected chi connectivity index (χ2v) is 9.22. The molecule has 0 bridgehead atoms. The molecule has 0 radical (unpaired) electrons. The predicted molar refractivity (Wildman–Crippen MR) is 139 cm³/mol. The van der Waals surface area contributed by atoms with Crippen molar-refractivity contribution < 1.29 is 24.6 Å². The Morgan fingerprint density at radius 2 is 1.92 bits per heavy atom. The first-order chi connectivity index (χ1) is 16.8. The van der Waals surface area contributed by atoms with Gasteiger partial charge in [0.15, 0.2) is 11.6 Å². The van der Waals surface area contributed by atoms with Crippen molar-refractivity contribution in [1.82, 2.24) is 14.9 Å². The molecule has 2 aliphatic rings. The molecule has 1 aliphatic carbocycles. The molecule has 3 aromatic rings. The molecule has 1 aliphatic heterocycles. The first-order valence-corrected chi connectivity index (χ1v) is 11.7. The SMILES string of the molecule is Cl.N[C@@H](Cc1ccccc1)C(=O)NC1CCN(c2nc3c(cc2F)c(=O)c(C(=O)O)cn3C2CC2)C1.O. The Hall–Kier alpha value is -3.54. The number of nitrogens with zero attached hydrogens (tertiary/aromatic N) is 3. The summed E-state index contributed by atoms with van der Waals surface area (Å²) in [6.45, 7) is 0.815. The summed E-state index contributed by atoms with van der Waals surface area (Å²) in [5.74, 6) is -2.23. The van der Waals surface area contributed by atoms with Gasteiger partial charge in [-0.05, 0) is 37.3 Å². The van der Waals surface area contributed by atoms with E-state index < -0.39 is 28.8 Å². The standard InChI is InChI=1S/C25H26FN5O4.ClH.H2O/c26-19-11-17-21(32)18(25(34)35)13-31(16-6-7-16)22(17)29-23(19)30-9-8-15(12-30)28-24(33)20(27)10-14-4-2-1-3-5-14;;/h1-5,11,13,15-16,20H,6-10,12,27H2,(H,28,33)(H,34,35);1H;1H2/t15?,20-;;/m0../s1. The van der Waals surface area contributed by atoms with E-state index in [0.29, 0.717) is 25.9 Å². The highest BCUT2D eigenvalue weighted by molar-refractivity contribution is 5.92. The highest BCUT2D eigenvalue weighted by Gasteiger charge is 2.31. The number of anilines is 1. The molecule has 2 aromatic heterocycles. The third-order valence-electron chi connectivity index (χ3n) is 6.58. The van der Waals surface area contributed by atoms with E-state index in [1.54, 1.807) is 9.47 Å². The predicted octanol–water partition coefficient (Wildman–Crippen LogP) is 1.43. The maximum atomic E-state index is 15.1. The van der Waals surface area contributed by atoms with Gasteiger partial charge in [0, 0.05) is 31.4 Å². The molecular formula is C25H29ClFN5O5. The molecule has 12 heteroatoms. The van der Waals surface area contributed by atoms with E-state index >= 15 is 4.39 Å². The van der Waals surface area contributed by atoms with Crippen molar-refractivity contribution in [3.63, 3.8) is 0 Å². The van der Waals surface area contributed by atoms with Crippen molar-refractivity contribution in [1.29, 1.82) is 0 Å². The van der Waals surface area contributed by atoms with Crippen molar-refractivity contribution in [2.45, 2.75) is 43.8 Å². The van der Waals surface area contributed by atoms with Crippen molar-refractivity contribution in [2.24, 2.45) is 5.73 Å². The number of hydrogen-bond donors (Lipinski definition) is 3. The van der Waals surface area contributed by atoms with E-state index in [2.05, 4.69) is 10.3 Å². The van der Waals surface area contributed by atoms with Crippen LogP contribution >= 0.6 is 12.4 Å². The topological polar surface area (TPSA) is 162 Å². The van der Waals surface area contributed by atoms with Crippen molar-refractivity contribution >= 4 is 41.1 Å². The molecule has 0 spiro atoms. The molecule has 1 aromatic carbocycles. The van der Waals surface area contributed by atoms with Crippen LogP contribution in [0.15, 0.2) is 47.4 Å². The quantitative estimate of drug-likeness (QED) is 0.413. The van der Waals surface area contributed by atoms with Gasteiger partial charge in [0.1, 0.15) is 11.2 Å². The highest BCUT2D eigenvalue weighted by atomic mass is 35.5. The summed E-state index contributed by atoms with van der Waals surface area (Å²) in [5.41, 5.74) is 6.19. The van der Waals surface area contributed by atoms with Gasteiger partial charge < -0.3 is 31.1 Å². The lowest BCUT2D eigenvalue weighted by Crippen LogP contribution is -2.47. The minimum Gasteiger partial charge on any atom is -0.477 e. The molecule has 1 saturated carbocycles. The van der Waals surface area contributed by atoms with Gasteiger partial charge >= 0.3 is 5.97 Å². The molecule has 10 nitrogen and oxygen atoms in total. The van der Waals surface area contributed by atoms with Gasteiger partial charge in [-0.25, -0.2) is 14.2 Å². The van der Waals surface area contributed by atoms with E-state index in [1.165, 1.54) is 6.20 Å². The zero-order valence-corrected chi connectivity index (χ0v) is 20.7. The Kier molecular flexibility index (Phi) is 8.52. The molecule has 37 heavy (non-hydrogen) atoms. The number of hydrogen-bond acceptors (Lipinski definition) is 6. The average molecular weight is 534 g/mol. The molecule has 3 heterocycles. The van der Waals surface area contributed by atoms with Crippen molar-refractivity contribution in [2.75, 3.05) is 18.0 Å². The van der Waals surface area contributed by atoms with Crippen LogP contribution in [0.25, 0.3) is 11.0 Å². The van der Waals surface area contributed by atoms with Gasteiger partial charge in [0.05, 0.1) is 11.4 Å². The van der Waals surface area contributed by atoms with Crippen LogP contribution in [-0.4, -0.2) is 57.2 Å². The summed E-state index contributed by atoms with van der Waals surface area (Å²) in [6.07, 6.45) is 4.00. The Morgan fingerprint density at radius 1 is 1.22 bits per heavy atom. The van der Waals surface area contributed by atoms with Gasteiger partial charge in [0.2, 0.25) is 11.3 Å². The zero-order chi connectivity index (χ0) is 24.7. The molecule has 2 fully saturated rings. The second-order valence-electron chi connectivity index (χ2n) is 9.22. The van der Waals surface area contributed by atoms with Gasteiger partial charge in [-0.3, -0.25) is 9.59 Å². The summed E-state index contributed by atoms with van der Waals surface area (Å²) in [5, 5.41) is 12.3. The fourth-order valence-electron chi connectivity index (χ4n) is 4.58. The van der Waals surface area contributed by atoms with E-state index in [0.717, 1.165) is 24.5 Å². The number of carbonyl (C=O) groups excluding carboxylic acids is 1. The van der Waals surface area contributed by atoms with Crippen LogP contribution in [0.4, 0.5) is 10.2 Å². The number of rotatable bonds is 7. The minimum absolute atomic E-state index is 0. The van der Waals surface area contributed by atoms with E-state index in [9.17, 15) is 19.5 Å². The molecule has 1 amide bonds. The summed E-state index contributed by atoms with van der Waals surface area (Å²) < 4.78 is 16.8. The molecular weight excluding hydrogens is 505 g/mol. The third kappa shape index (κ3) is 5.74. The van der Waals surface area contributed by atoms with Crippen LogP contribution in [0, 0.1) is 5.82 Å². The lowest BCUT2D eigenvalue weighted by atomic mass is 10.1. The molecule has 1 unspecified atom stereocenters. The molecule has 1 saturated heterocycles. The van der Waals surface area contributed by atoms with Crippen LogP contribution in [0.5, 0.6) is 0 Å². The number of aromatic nitrogens is 2. The molecule has 6 N–H and O–H groups in total. The molecule has 2 atom stereocenters.